The Morgan fingerprint density at radius 2 is 1.92 bits per heavy atom. The van der Waals surface area contributed by atoms with Crippen LogP contribution in [0.4, 0.5) is 4.39 Å². The van der Waals surface area contributed by atoms with Crippen LogP contribution in [0.2, 0.25) is 0 Å². The van der Waals surface area contributed by atoms with Crippen LogP contribution >= 0.6 is 0 Å². The number of terminal acetylenes is 1. The number of hydrogen-bond acceptors (Lipinski definition) is 2. The Kier molecular flexibility index (Phi) is 4.44. The van der Waals surface area contributed by atoms with E-state index in [1.165, 1.54) is 12.8 Å². The Hall–Kier alpha value is -0.590. The van der Waals surface area contributed by atoms with Crippen molar-refractivity contribution in [2.24, 2.45) is 40.9 Å². The van der Waals surface area contributed by atoms with Crippen LogP contribution in [0.5, 0.6) is 0 Å². The summed E-state index contributed by atoms with van der Waals surface area (Å²) in [7, 11) is 0. The summed E-state index contributed by atoms with van der Waals surface area (Å²) >= 11 is 0. The fourth-order valence-electron chi connectivity index (χ4n) is 7.82. The molecule has 4 saturated carbocycles. The molecule has 4 fully saturated rings. The molecule has 0 amide bonds. The second-order valence-corrected chi connectivity index (χ2v) is 9.72. The topological polar surface area (TPSA) is 40.5 Å². The first-order valence-corrected chi connectivity index (χ1v) is 10.4. The van der Waals surface area contributed by atoms with Crippen molar-refractivity contribution >= 4 is 0 Å². The minimum Gasteiger partial charge on any atom is -0.393 e. The van der Waals surface area contributed by atoms with Crippen molar-refractivity contribution in [1.82, 2.24) is 0 Å². The van der Waals surface area contributed by atoms with Crippen molar-refractivity contribution in [1.29, 1.82) is 0 Å². The van der Waals surface area contributed by atoms with Gasteiger partial charge in [-0.15, -0.1) is 6.42 Å². The van der Waals surface area contributed by atoms with Crippen molar-refractivity contribution in [2.75, 3.05) is 6.67 Å². The lowest BCUT2D eigenvalue weighted by Crippen LogP contribution is -2.56. The minimum atomic E-state index is -1.02. The first kappa shape index (κ1) is 17.8. The van der Waals surface area contributed by atoms with Gasteiger partial charge >= 0.3 is 0 Å². The van der Waals surface area contributed by atoms with Crippen molar-refractivity contribution in [2.45, 2.75) is 76.4 Å². The summed E-state index contributed by atoms with van der Waals surface area (Å²) in [5.74, 6) is 5.94. The monoisotopic (exact) mass is 348 g/mol. The van der Waals surface area contributed by atoms with E-state index in [0.717, 1.165) is 32.1 Å². The van der Waals surface area contributed by atoms with Crippen LogP contribution < -0.4 is 0 Å². The molecule has 5 unspecified atom stereocenters. The van der Waals surface area contributed by atoms with Gasteiger partial charge in [0.2, 0.25) is 0 Å². The largest absolute Gasteiger partial charge is 0.393 e. The van der Waals surface area contributed by atoms with E-state index in [0.29, 0.717) is 48.3 Å². The number of hydrogen-bond donors (Lipinski definition) is 2. The molecule has 0 heterocycles. The van der Waals surface area contributed by atoms with Gasteiger partial charge in [0.15, 0.2) is 0 Å². The summed E-state index contributed by atoms with van der Waals surface area (Å²) in [6.07, 6.45) is 14.1. The van der Waals surface area contributed by atoms with Gasteiger partial charge in [0.05, 0.1) is 12.8 Å². The Morgan fingerprint density at radius 3 is 2.64 bits per heavy atom. The van der Waals surface area contributed by atoms with E-state index in [2.05, 4.69) is 12.8 Å². The van der Waals surface area contributed by atoms with Crippen LogP contribution in [0, 0.1) is 53.3 Å². The van der Waals surface area contributed by atoms with Crippen LogP contribution in [-0.4, -0.2) is 28.6 Å². The maximum absolute atomic E-state index is 13.4. The number of fused-ring (bicyclic) bond motifs is 5. The maximum Gasteiger partial charge on any atom is 0.130 e. The molecule has 2 nitrogen and oxygen atoms in total. The second kappa shape index (κ2) is 6.24. The zero-order valence-corrected chi connectivity index (χ0v) is 15.5. The Bertz CT molecular complexity index is 557. The van der Waals surface area contributed by atoms with Gasteiger partial charge in [-0.3, -0.25) is 4.39 Å². The summed E-state index contributed by atoms with van der Waals surface area (Å²) in [6, 6.07) is 0. The van der Waals surface area contributed by atoms with Gasteiger partial charge in [-0.05, 0) is 93.3 Å². The average Bonchev–Trinajstić information content (AvgIpc) is 2.86. The predicted octanol–water partition coefficient (Wildman–Crippen LogP) is 3.95. The molecule has 0 bridgehead atoms. The first-order valence-electron chi connectivity index (χ1n) is 10.4. The average molecular weight is 349 g/mol. The summed E-state index contributed by atoms with van der Waals surface area (Å²) in [6.45, 7) is 1.91. The molecular formula is C22H33FO2. The van der Waals surface area contributed by atoms with Crippen molar-refractivity contribution in [3.8, 4) is 12.3 Å². The number of rotatable bonds is 2. The molecule has 9 atom stereocenters. The highest BCUT2D eigenvalue weighted by Gasteiger charge is 2.64. The number of aliphatic hydroxyl groups excluding tert-OH is 1. The van der Waals surface area contributed by atoms with Crippen molar-refractivity contribution < 1.29 is 14.6 Å². The molecular weight excluding hydrogens is 315 g/mol. The highest BCUT2D eigenvalue weighted by Crippen LogP contribution is 2.67. The maximum atomic E-state index is 13.4. The second-order valence-electron chi connectivity index (χ2n) is 9.72. The van der Waals surface area contributed by atoms with E-state index < -0.39 is 5.60 Å². The Balaban J connectivity index is 1.68. The molecule has 2 N–H and O–H groups in total. The molecule has 0 aromatic heterocycles. The van der Waals surface area contributed by atoms with E-state index in [1.807, 2.05) is 0 Å². The predicted molar refractivity (Wildman–Crippen MR) is 96.4 cm³/mol. The highest BCUT2D eigenvalue weighted by molar-refractivity contribution is 5.23. The minimum absolute atomic E-state index is 0.135. The van der Waals surface area contributed by atoms with Gasteiger partial charge in [0.25, 0.3) is 0 Å². The third kappa shape index (κ3) is 2.51. The van der Waals surface area contributed by atoms with Crippen molar-refractivity contribution in [3.05, 3.63) is 0 Å². The van der Waals surface area contributed by atoms with Crippen LogP contribution in [0.3, 0.4) is 0 Å². The van der Waals surface area contributed by atoms with E-state index >= 15 is 0 Å². The van der Waals surface area contributed by atoms with Gasteiger partial charge in [0, 0.05) is 5.41 Å². The van der Waals surface area contributed by atoms with E-state index in [-0.39, 0.29) is 18.2 Å². The highest BCUT2D eigenvalue weighted by atomic mass is 19.1. The molecule has 3 heteroatoms. The Morgan fingerprint density at radius 1 is 1.16 bits per heavy atom. The molecule has 0 aliphatic heterocycles. The first-order chi connectivity index (χ1) is 11.9. The molecule has 0 aromatic carbocycles. The SMILES string of the molecule is C#C[C@]1(O)CCC2C3CC[C@H]4C[C@@H](O)CCC4C3C(CCF)C[C@@]21C. The van der Waals surface area contributed by atoms with Crippen LogP contribution in [0.15, 0.2) is 0 Å². The normalized spacial score (nSPS) is 54.9. The third-order valence-electron chi connectivity index (χ3n) is 8.92. The zero-order chi connectivity index (χ0) is 17.8. The van der Waals surface area contributed by atoms with Crippen molar-refractivity contribution in [3.63, 3.8) is 0 Å². The number of halogens is 1. The quantitative estimate of drug-likeness (QED) is 0.742. The summed E-state index contributed by atoms with van der Waals surface area (Å²) in [4.78, 5) is 0. The lowest BCUT2D eigenvalue weighted by molar-refractivity contribution is -0.139. The smallest absolute Gasteiger partial charge is 0.130 e. The van der Waals surface area contributed by atoms with Crippen LogP contribution in [0.25, 0.3) is 0 Å². The zero-order valence-electron chi connectivity index (χ0n) is 15.5. The standard InChI is InChI=1S/C22H33FO2/c1-3-22(25)10-8-19-18-6-4-14-12-16(24)5-7-17(14)20(18)15(9-11-23)13-21(19,22)2/h1,14-20,24-25H,4-13H2,2H3/t14-,15?,16-,17?,18?,19?,20?,21-,22-/m0/s1. The lowest BCUT2D eigenvalue weighted by atomic mass is 9.46. The molecule has 4 rings (SSSR count). The molecule has 0 spiro atoms. The van der Waals surface area contributed by atoms with Gasteiger partial charge < -0.3 is 10.2 Å². The summed E-state index contributed by atoms with van der Waals surface area (Å²) in [5, 5.41) is 21.2. The molecule has 0 saturated heterocycles. The number of alkyl halides is 1. The molecule has 140 valence electrons. The summed E-state index contributed by atoms with van der Waals surface area (Å²) < 4.78 is 13.4. The van der Waals surface area contributed by atoms with Crippen LogP contribution in [0.1, 0.15) is 64.7 Å². The Labute approximate surface area is 151 Å². The molecule has 4 aliphatic carbocycles. The molecule has 4 aliphatic rings. The fourth-order valence-corrected chi connectivity index (χ4v) is 7.82. The van der Waals surface area contributed by atoms with Gasteiger partial charge in [0.1, 0.15) is 5.60 Å². The molecule has 0 aromatic rings. The fraction of sp³-hybridized carbons (Fsp3) is 0.909. The van der Waals surface area contributed by atoms with Gasteiger partial charge in [-0.1, -0.05) is 12.8 Å². The lowest BCUT2D eigenvalue weighted by Gasteiger charge is -2.59. The van der Waals surface area contributed by atoms with E-state index in [4.69, 9.17) is 6.42 Å². The molecule has 0 radical (unpaired) electrons. The summed E-state index contributed by atoms with van der Waals surface area (Å²) in [5.41, 5.74) is -1.28. The van der Waals surface area contributed by atoms with Gasteiger partial charge in [-0.2, -0.15) is 0 Å². The van der Waals surface area contributed by atoms with Gasteiger partial charge in [-0.25, -0.2) is 0 Å². The number of aliphatic hydroxyl groups is 2. The van der Waals surface area contributed by atoms with E-state index in [9.17, 15) is 14.6 Å². The third-order valence-corrected chi connectivity index (χ3v) is 8.92. The molecule has 25 heavy (non-hydrogen) atoms. The van der Waals surface area contributed by atoms with Crippen LogP contribution in [-0.2, 0) is 0 Å². The van der Waals surface area contributed by atoms with E-state index in [1.54, 1.807) is 0 Å².